The first-order chi connectivity index (χ1) is 12.6. The number of hydrogen-bond donors (Lipinski definition) is 3. The average molecular weight is 393 g/mol. The van der Waals surface area contributed by atoms with Gasteiger partial charge in [0.15, 0.2) is 11.4 Å². The van der Waals surface area contributed by atoms with Gasteiger partial charge < -0.3 is 20.1 Å². The smallest absolute Gasteiger partial charge is 0.172 e. The van der Waals surface area contributed by atoms with E-state index >= 15 is 0 Å². The predicted octanol–water partition coefficient (Wildman–Crippen LogP) is 1.71. The van der Waals surface area contributed by atoms with Crippen LogP contribution in [0, 0.1) is 6.92 Å². The van der Waals surface area contributed by atoms with Gasteiger partial charge in [0.2, 0.25) is 0 Å². The van der Waals surface area contributed by atoms with Crippen molar-refractivity contribution in [3.05, 3.63) is 41.6 Å². The summed E-state index contributed by atoms with van der Waals surface area (Å²) in [7, 11) is 0. The molecule has 0 aliphatic carbocycles. The summed E-state index contributed by atoms with van der Waals surface area (Å²) in [5.74, 6) is 0.715. The van der Waals surface area contributed by atoms with Crippen molar-refractivity contribution in [2.24, 2.45) is 0 Å². The molecule has 1 aliphatic heterocycles. The summed E-state index contributed by atoms with van der Waals surface area (Å²) < 4.78 is 11.8. The normalized spacial score (nSPS) is 26.0. The van der Waals surface area contributed by atoms with Gasteiger partial charge in [0.05, 0.1) is 12.3 Å². The number of aliphatic hydroxyl groups excluding tert-OH is 3. The van der Waals surface area contributed by atoms with Crippen LogP contribution < -0.4 is 0 Å². The standard InChI is InChI=1S/C17H19N3O4S2/c1-9-12-16(26-19-9)20(15-14(23)13(22)11(7-21)24-15)17(18-12)25-8-10-5-3-2-4-6-10/h2-6,11,13-15,21-23H,7-8H2,1H3. The van der Waals surface area contributed by atoms with Crippen molar-refractivity contribution in [1.29, 1.82) is 0 Å². The zero-order valence-electron chi connectivity index (χ0n) is 14.0. The van der Waals surface area contributed by atoms with Crippen LogP contribution in [0.4, 0.5) is 0 Å². The van der Waals surface area contributed by atoms with Crippen molar-refractivity contribution < 1.29 is 20.1 Å². The molecule has 1 saturated heterocycles. The van der Waals surface area contributed by atoms with Gasteiger partial charge in [-0.3, -0.25) is 4.57 Å². The van der Waals surface area contributed by atoms with E-state index in [1.807, 2.05) is 37.3 Å². The minimum absolute atomic E-state index is 0.360. The van der Waals surface area contributed by atoms with E-state index in [4.69, 9.17) is 4.74 Å². The summed E-state index contributed by atoms with van der Waals surface area (Å²) in [6.45, 7) is 1.53. The van der Waals surface area contributed by atoms with E-state index in [9.17, 15) is 15.3 Å². The fourth-order valence-electron chi connectivity index (χ4n) is 3.02. The molecule has 138 valence electrons. The maximum Gasteiger partial charge on any atom is 0.172 e. The fraction of sp³-hybridized carbons (Fsp3) is 0.412. The minimum atomic E-state index is -1.15. The molecule has 7 nitrogen and oxygen atoms in total. The third-order valence-electron chi connectivity index (χ3n) is 4.43. The van der Waals surface area contributed by atoms with Gasteiger partial charge in [-0.15, -0.1) is 0 Å². The molecular weight excluding hydrogens is 374 g/mol. The molecule has 0 spiro atoms. The first-order valence-corrected chi connectivity index (χ1v) is 9.99. The van der Waals surface area contributed by atoms with E-state index in [0.717, 1.165) is 21.6 Å². The Labute approximate surface area is 158 Å². The van der Waals surface area contributed by atoms with E-state index in [1.165, 1.54) is 23.3 Å². The summed E-state index contributed by atoms with van der Waals surface area (Å²) in [5, 5.41) is 30.6. The van der Waals surface area contributed by atoms with Crippen LogP contribution in [0.1, 0.15) is 17.5 Å². The lowest BCUT2D eigenvalue weighted by Gasteiger charge is -2.18. The van der Waals surface area contributed by atoms with E-state index in [-0.39, 0.29) is 6.61 Å². The predicted molar refractivity (Wildman–Crippen MR) is 99.2 cm³/mol. The van der Waals surface area contributed by atoms with Gasteiger partial charge in [0.1, 0.15) is 28.7 Å². The van der Waals surface area contributed by atoms with E-state index < -0.39 is 24.5 Å². The number of benzene rings is 1. The molecule has 4 atom stereocenters. The maximum atomic E-state index is 10.4. The second-order valence-corrected chi connectivity index (χ2v) is 7.88. The van der Waals surface area contributed by atoms with Crippen LogP contribution in [-0.4, -0.2) is 54.2 Å². The number of thioether (sulfide) groups is 1. The third kappa shape index (κ3) is 3.04. The van der Waals surface area contributed by atoms with Crippen molar-refractivity contribution in [2.75, 3.05) is 6.61 Å². The van der Waals surface area contributed by atoms with Crippen molar-refractivity contribution >= 4 is 33.6 Å². The molecule has 2 aromatic heterocycles. The number of rotatable bonds is 5. The molecule has 1 aliphatic rings. The first-order valence-electron chi connectivity index (χ1n) is 8.23. The molecule has 3 N–H and O–H groups in total. The van der Waals surface area contributed by atoms with Crippen LogP contribution in [0.15, 0.2) is 35.5 Å². The van der Waals surface area contributed by atoms with Crippen molar-refractivity contribution in [2.45, 2.75) is 42.4 Å². The second kappa shape index (κ2) is 7.26. The Morgan fingerprint density at radius 3 is 2.69 bits per heavy atom. The Kier molecular flexibility index (Phi) is 5.00. The molecule has 1 aromatic carbocycles. The monoisotopic (exact) mass is 393 g/mol. The van der Waals surface area contributed by atoms with Crippen LogP contribution in [0.5, 0.6) is 0 Å². The molecule has 0 bridgehead atoms. The molecule has 0 saturated carbocycles. The Morgan fingerprint density at radius 1 is 1.23 bits per heavy atom. The third-order valence-corrected chi connectivity index (χ3v) is 6.38. The number of aryl methyl sites for hydroxylation is 1. The van der Waals surface area contributed by atoms with Crippen molar-refractivity contribution in [3.63, 3.8) is 0 Å². The van der Waals surface area contributed by atoms with Gasteiger partial charge in [-0.05, 0) is 24.0 Å². The lowest BCUT2D eigenvalue weighted by molar-refractivity contribution is -0.0543. The average Bonchev–Trinajstić information content (AvgIpc) is 3.29. The molecule has 26 heavy (non-hydrogen) atoms. The van der Waals surface area contributed by atoms with Crippen LogP contribution in [-0.2, 0) is 10.5 Å². The molecular formula is C17H19N3O4S2. The zero-order valence-corrected chi connectivity index (χ0v) is 15.7. The number of imidazole rings is 1. The Balaban J connectivity index is 1.70. The van der Waals surface area contributed by atoms with E-state index in [0.29, 0.717) is 10.9 Å². The fourth-order valence-corrected chi connectivity index (χ4v) is 4.92. The number of nitrogens with zero attached hydrogens (tertiary/aromatic N) is 3. The highest BCUT2D eigenvalue weighted by Crippen LogP contribution is 2.38. The number of aromatic nitrogens is 3. The van der Waals surface area contributed by atoms with Gasteiger partial charge in [-0.2, -0.15) is 4.37 Å². The Bertz CT molecular complexity index is 898. The summed E-state index contributed by atoms with van der Waals surface area (Å²) in [6, 6.07) is 10.0. The number of ether oxygens (including phenoxy) is 1. The summed E-state index contributed by atoms with van der Waals surface area (Å²) >= 11 is 2.82. The highest BCUT2D eigenvalue weighted by Gasteiger charge is 2.45. The lowest BCUT2D eigenvalue weighted by atomic mass is 10.1. The van der Waals surface area contributed by atoms with Gasteiger partial charge in [-0.1, -0.05) is 42.1 Å². The Morgan fingerprint density at radius 2 is 2.00 bits per heavy atom. The van der Waals surface area contributed by atoms with Gasteiger partial charge >= 0.3 is 0 Å². The molecule has 4 rings (SSSR count). The molecule has 9 heteroatoms. The van der Waals surface area contributed by atoms with E-state index in [1.54, 1.807) is 4.57 Å². The maximum absolute atomic E-state index is 10.4. The van der Waals surface area contributed by atoms with Crippen LogP contribution in [0.3, 0.4) is 0 Å². The molecule has 1 fully saturated rings. The summed E-state index contributed by atoms with van der Waals surface area (Å²) in [4.78, 5) is 5.47. The van der Waals surface area contributed by atoms with Gasteiger partial charge in [0.25, 0.3) is 0 Å². The molecule has 4 unspecified atom stereocenters. The molecule has 0 radical (unpaired) electrons. The summed E-state index contributed by atoms with van der Waals surface area (Å²) in [5.41, 5.74) is 2.74. The largest absolute Gasteiger partial charge is 0.394 e. The SMILES string of the molecule is Cc1nsc2c1nc(SCc1ccccc1)n2C1OC(CO)C(O)C1O. The number of aliphatic hydroxyl groups is 3. The highest BCUT2D eigenvalue weighted by atomic mass is 32.2. The first kappa shape index (κ1) is 17.9. The van der Waals surface area contributed by atoms with E-state index in [2.05, 4.69) is 9.36 Å². The quantitative estimate of drug-likeness (QED) is 0.567. The summed E-state index contributed by atoms with van der Waals surface area (Å²) in [6.07, 6.45) is -3.94. The van der Waals surface area contributed by atoms with Crippen molar-refractivity contribution in [1.82, 2.24) is 13.9 Å². The molecule has 3 heterocycles. The second-order valence-electron chi connectivity index (χ2n) is 6.19. The molecule has 3 aromatic rings. The number of hydrogen-bond acceptors (Lipinski definition) is 8. The van der Waals surface area contributed by atoms with Crippen LogP contribution >= 0.6 is 23.3 Å². The zero-order chi connectivity index (χ0) is 18.3. The highest BCUT2D eigenvalue weighted by molar-refractivity contribution is 7.98. The van der Waals surface area contributed by atoms with Crippen LogP contribution in [0.2, 0.25) is 0 Å². The number of fused-ring (bicyclic) bond motifs is 1. The van der Waals surface area contributed by atoms with Crippen LogP contribution in [0.25, 0.3) is 10.3 Å². The lowest BCUT2D eigenvalue weighted by Crippen LogP contribution is -2.33. The van der Waals surface area contributed by atoms with Gasteiger partial charge in [0, 0.05) is 5.75 Å². The topological polar surface area (TPSA) is 101 Å². The molecule has 0 amide bonds. The van der Waals surface area contributed by atoms with Crippen molar-refractivity contribution in [3.8, 4) is 0 Å². The Hall–Kier alpha value is -1.49. The minimum Gasteiger partial charge on any atom is -0.394 e. The van der Waals surface area contributed by atoms with Gasteiger partial charge in [-0.25, -0.2) is 4.98 Å².